The van der Waals surface area contributed by atoms with E-state index in [1.807, 2.05) is 32.9 Å². The van der Waals surface area contributed by atoms with Gasteiger partial charge in [0, 0.05) is 11.3 Å². The van der Waals surface area contributed by atoms with Crippen LogP contribution in [0.5, 0.6) is 11.5 Å². The standard InChI is InChI=1S/C15H17BrN2O2/c1-8-6-12(18-15(16)17-8)11-7-13(19-4)9(2)10(3)14(11)20-5/h6-7H,1-5H3. The zero-order chi connectivity index (χ0) is 14.9. The number of methoxy groups -OCH3 is 2. The summed E-state index contributed by atoms with van der Waals surface area (Å²) in [4.78, 5) is 8.66. The van der Waals surface area contributed by atoms with Crippen molar-refractivity contribution >= 4 is 15.9 Å². The molecule has 0 bridgehead atoms. The molecule has 0 aliphatic rings. The monoisotopic (exact) mass is 336 g/mol. The molecule has 106 valence electrons. The fourth-order valence-electron chi connectivity index (χ4n) is 2.20. The molecular formula is C15H17BrN2O2. The molecule has 1 aromatic carbocycles. The number of aromatic nitrogens is 2. The van der Waals surface area contributed by atoms with E-state index in [4.69, 9.17) is 9.47 Å². The van der Waals surface area contributed by atoms with Gasteiger partial charge in [0.05, 0.1) is 19.9 Å². The van der Waals surface area contributed by atoms with E-state index in [0.717, 1.165) is 39.6 Å². The number of rotatable bonds is 3. The Morgan fingerprint density at radius 1 is 0.950 bits per heavy atom. The third-order valence-electron chi connectivity index (χ3n) is 3.32. The van der Waals surface area contributed by atoms with Crippen LogP contribution in [0.3, 0.4) is 0 Å². The van der Waals surface area contributed by atoms with Crippen LogP contribution in [-0.2, 0) is 0 Å². The summed E-state index contributed by atoms with van der Waals surface area (Å²) in [5.41, 5.74) is 4.72. The van der Waals surface area contributed by atoms with Gasteiger partial charge in [-0.15, -0.1) is 0 Å². The maximum atomic E-state index is 5.56. The summed E-state index contributed by atoms with van der Waals surface area (Å²) in [7, 11) is 3.33. The minimum absolute atomic E-state index is 0.562. The largest absolute Gasteiger partial charge is 0.496 e. The topological polar surface area (TPSA) is 44.2 Å². The van der Waals surface area contributed by atoms with Crippen molar-refractivity contribution in [2.75, 3.05) is 14.2 Å². The second-order valence-corrected chi connectivity index (χ2v) is 5.28. The highest BCUT2D eigenvalue weighted by Crippen LogP contribution is 2.39. The van der Waals surface area contributed by atoms with Gasteiger partial charge in [0.2, 0.25) is 0 Å². The van der Waals surface area contributed by atoms with E-state index in [-0.39, 0.29) is 0 Å². The molecule has 1 heterocycles. The van der Waals surface area contributed by atoms with Crippen molar-refractivity contribution in [1.82, 2.24) is 9.97 Å². The van der Waals surface area contributed by atoms with E-state index in [1.54, 1.807) is 14.2 Å². The van der Waals surface area contributed by atoms with Crippen LogP contribution in [0.2, 0.25) is 0 Å². The number of hydrogen-bond donors (Lipinski definition) is 0. The molecule has 0 saturated heterocycles. The molecule has 2 rings (SSSR count). The van der Waals surface area contributed by atoms with Crippen molar-refractivity contribution in [2.45, 2.75) is 20.8 Å². The fraction of sp³-hybridized carbons (Fsp3) is 0.333. The Balaban J connectivity index is 2.75. The van der Waals surface area contributed by atoms with Gasteiger partial charge in [0.25, 0.3) is 0 Å². The highest BCUT2D eigenvalue weighted by atomic mass is 79.9. The van der Waals surface area contributed by atoms with Crippen LogP contribution in [0.15, 0.2) is 16.9 Å². The molecule has 2 aromatic rings. The summed E-state index contributed by atoms with van der Waals surface area (Å²) in [6.07, 6.45) is 0. The van der Waals surface area contributed by atoms with Crippen molar-refractivity contribution < 1.29 is 9.47 Å². The molecule has 0 fully saturated rings. The molecule has 20 heavy (non-hydrogen) atoms. The minimum atomic E-state index is 0.562. The zero-order valence-corrected chi connectivity index (χ0v) is 13.8. The molecule has 0 radical (unpaired) electrons. The third-order valence-corrected chi connectivity index (χ3v) is 3.67. The summed E-state index contributed by atoms with van der Waals surface area (Å²) >= 11 is 3.33. The molecule has 0 saturated carbocycles. The van der Waals surface area contributed by atoms with Crippen molar-refractivity contribution in [3.63, 3.8) is 0 Å². The minimum Gasteiger partial charge on any atom is -0.496 e. The van der Waals surface area contributed by atoms with Crippen molar-refractivity contribution in [2.24, 2.45) is 0 Å². The molecule has 0 aliphatic heterocycles. The molecule has 4 nitrogen and oxygen atoms in total. The number of aryl methyl sites for hydroxylation is 1. The number of hydrogen-bond acceptors (Lipinski definition) is 4. The lowest BCUT2D eigenvalue weighted by Crippen LogP contribution is -1.99. The summed E-state index contributed by atoms with van der Waals surface area (Å²) in [6.45, 7) is 5.96. The first-order valence-electron chi connectivity index (χ1n) is 6.21. The van der Waals surface area contributed by atoms with E-state index >= 15 is 0 Å². The highest BCUT2D eigenvalue weighted by molar-refractivity contribution is 9.10. The quantitative estimate of drug-likeness (QED) is 0.798. The molecule has 0 unspecified atom stereocenters. The lowest BCUT2D eigenvalue weighted by molar-refractivity contribution is 0.399. The van der Waals surface area contributed by atoms with Crippen LogP contribution < -0.4 is 9.47 Å². The van der Waals surface area contributed by atoms with Crippen LogP contribution in [0, 0.1) is 20.8 Å². The van der Waals surface area contributed by atoms with Gasteiger partial charge >= 0.3 is 0 Å². The second kappa shape index (κ2) is 5.79. The van der Waals surface area contributed by atoms with Gasteiger partial charge in [-0.2, -0.15) is 0 Å². The van der Waals surface area contributed by atoms with E-state index < -0.39 is 0 Å². The van der Waals surface area contributed by atoms with Crippen LogP contribution >= 0.6 is 15.9 Å². The summed E-state index contributed by atoms with van der Waals surface area (Å²) in [5.74, 6) is 1.64. The van der Waals surface area contributed by atoms with E-state index in [2.05, 4.69) is 25.9 Å². The summed E-state index contributed by atoms with van der Waals surface area (Å²) < 4.78 is 11.6. The van der Waals surface area contributed by atoms with Gasteiger partial charge < -0.3 is 9.47 Å². The van der Waals surface area contributed by atoms with Gasteiger partial charge in [-0.25, -0.2) is 9.97 Å². The smallest absolute Gasteiger partial charge is 0.197 e. The van der Waals surface area contributed by atoms with Crippen LogP contribution in [0.1, 0.15) is 16.8 Å². The van der Waals surface area contributed by atoms with Crippen molar-refractivity contribution in [3.05, 3.63) is 33.7 Å². The van der Waals surface area contributed by atoms with Gasteiger partial charge in [0.1, 0.15) is 11.5 Å². The Labute approximate surface area is 127 Å². The maximum Gasteiger partial charge on any atom is 0.197 e. The first-order valence-corrected chi connectivity index (χ1v) is 7.01. The molecule has 0 atom stereocenters. The fourth-order valence-corrected chi connectivity index (χ4v) is 2.67. The second-order valence-electron chi connectivity index (χ2n) is 4.57. The molecule has 0 aliphatic carbocycles. The zero-order valence-electron chi connectivity index (χ0n) is 12.2. The Morgan fingerprint density at radius 3 is 2.20 bits per heavy atom. The Hall–Kier alpha value is -1.62. The first kappa shape index (κ1) is 14.8. The predicted molar refractivity (Wildman–Crippen MR) is 82.5 cm³/mol. The SMILES string of the molecule is COc1cc(-c2cc(C)nc(Br)n2)c(OC)c(C)c1C. The summed E-state index contributed by atoms with van der Waals surface area (Å²) in [6, 6.07) is 3.88. The average Bonchev–Trinajstić information content (AvgIpc) is 2.40. The van der Waals surface area contributed by atoms with E-state index in [0.29, 0.717) is 4.73 Å². The molecule has 0 spiro atoms. The van der Waals surface area contributed by atoms with Crippen molar-refractivity contribution in [1.29, 1.82) is 0 Å². The van der Waals surface area contributed by atoms with Crippen LogP contribution in [0.4, 0.5) is 0 Å². The van der Waals surface area contributed by atoms with Crippen molar-refractivity contribution in [3.8, 4) is 22.8 Å². The number of ether oxygens (including phenoxy) is 2. The lowest BCUT2D eigenvalue weighted by atomic mass is 10.0. The number of nitrogens with zero attached hydrogens (tertiary/aromatic N) is 2. The highest BCUT2D eigenvalue weighted by Gasteiger charge is 2.17. The molecular weight excluding hydrogens is 320 g/mol. The number of benzene rings is 1. The molecule has 5 heteroatoms. The van der Waals surface area contributed by atoms with Gasteiger partial charge in [-0.3, -0.25) is 0 Å². The lowest BCUT2D eigenvalue weighted by Gasteiger charge is -2.16. The number of halogens is 1. The molecule has 0 amide bonds. The van der Waals surface area contributed by atoms with Gasteiger partial charge in [0.15, 0.2) is 4.73 Å². The third kappa shape index (κ3) is 2.63. The predicted octanol–water partition coefficient (Wildman–Crippen LogP) is 3.85. The van der Waals surface area contributed by atoms with Gasteiger partial charge in [-0.1, -0.05) is 0 Å². The van der Waals surface area contributed by atoms with Gasteiger partial charge in [-0.05, 0) is 60.0 Å². The Morgan fingerprint density at radius 2 is 1.65 bits per heavy atom. The average molecular weight is 337 g/mol. The Bertz CT molecular complexity index is 637. The van der Waals surface area contributed by atoms with Crippen LogP contribution in [-0.4, -0.2) is 24.2 Å². The maximum absolute atomic E-state index is 5.56. The first-order chi connectivity index (χ1) is 9.47. The summed E-state index contributed by atoms with van der Waals surface area (Å²) in [5, 5.41) is 0. The normalized spacial score (nSPS) is 10.5. The Kier molecular flexibility index (Phi) is 4.28. The van der Waals surface area contributed by atoms with E-state index in [9.17, 15) is 0 Å². The molecule has 0 N–H and O–H groups in total. The van der Waals surface area contributed by atoms with Crippen LogP contribution in [0.25, 0.3) is 11.3 Å². The van der Waals surface area contributed by atoms with E-state index in [1.165, 1.54) is 0 Å². The molecule has 1 aromatic heterocycles.